The van der Waals surface area contributed by atoms with E-state index in [1.807, 2.05) is 24.3 Å². The average molecular weight is 384 g/mol. The van der Waals surface area contributed by atoms with E-state index < -0.39 is 0 Å². The SMILES string of the molecule is O=C(Cc1ccc([C@H]2CNCCO2)cc1)c1cnn(-c2ncc(Cl)cn2)c1. The smallest absolute Gasteiger partial charge is 0.250 e. The van der Waals surface area contributed by atoms with Crippen LogP contribution in [0.15, 0.2) is 49.1 Å². The van der Waals surface area contributed by atoms with Crippen LogP contribution in [0.2, 0.25) is 5.02 Å². The van der Waals surface area contributed by atoms with Crippen molar-refractivity contribution >= 4 is 17.4 Å². The molecular formula is C19H18ClN5O2. The first-order valence-electron chi connectivity index (χ1n) is 8.66. The van der Waals surface area contributed by atoms with Crippen molar-refractivity contribution in [1.82, 2.24) is 25.1 Å². The number of ketones is 1. The molecule has 0 amide bonds. The molecule has 8 heteroatoms. The Kier molecular flexibility index (Phi) is 5.24. The molecule has 0 unspecified atom stereocenters. The Hall–Kier alpha value is -2.61. The summed E-state index contributed by atoms with van der Waals surface area (Å²) in [5.74, 6) is 0.349. The first-order valence-corrected chi connectivity index (χ1v) is 9.04. The number of rotatable bonds is 5. The van der Waals surface area contributed by atoms with Gasteiger partial charge in [-0.05, 0) is 11.1 Å². The molecule has 1 fully saturated rings. The third-order valence-corrected chi connectivity index (χ3v) is 4.56. The Morgan fingerprint density at radius 1 is 1.22 bits per heavy atom. The molecule has 1 aromatic carbocycles. The summed E-state index contributed by atoms with van der Waals surface area (Å²) in [6.07, 6.45) is 6.50. The van der Waals surface area contributed by atoms with Gasteiger partial charge in [0, 0.05) is 25.7 Å². The lowest BCUT2D eigenvalue weighted by atomic mass is 10.0. The molecule has 1 aliphatic heterocycles. The van der Waals surface area contributed by atoms with Crippen LogP contribution in [0, 0.1) is 0 Å². The zero-order chi connectivity index (χ0) is 18.6. The molecule has 2 aromatic heterocycles. The normalized spacial score (nSPS) is 17.0. The number of hydrogen-bond acceptors (Lipinski definition) is 6. The van der Waals surface area contributed by atoms with E-state index >= 15 is 0 Å². The summed E-state index contributed by atoms with van der Waals surface area (Å²) in [7, 11) is 0. The van der Waals surface area contributed by atoms with E-state index in [9.17, 15) is 4.79 Å². The minimum absolute atomic E-state index is 0.0152. The van der Waals surface area contributed by atoms with E-state index in [1.54, 1.807) is 6.20 Å². The van der Waals surface area contributed by atoms with Crippen molar-refractivity contribution in [3.63, 3.8) is 0 Å². The highest BCUT2D eigenvalue weighted by Gasteiger charge is 2.16. The molecule has 1 atom stereocenters. The van der Waals surface area contributed by atoms with Crippen molar-refractivity contribution in [2.75, 3.05) is 19.7 Å². The number of hydrogen-bond donors (Lipinski definition) is 1. The number of halogens is 1. The van der Waals surface area contributed by atoms with Gasteiger partial charge >= 0.3 is 0 Å². The van der Waals surface area contributed by atoms with Gasteiger partial charge in [-0.3, -0.25) is 4.79 Å². The van der Waals surface area contributed by atoms with Crippen LogP contribution in [-0.4, -0.2) is 45.2 Å². The van der Waals surface area contributed by atoms with Gasteiger partial charge in [-0.2, -0.15) is 5.10 Å². The topological polar surface area (TPSA) is 81.9 Å². The lowest BCUT2D eigenvalue weighted by molar-refractivity contribution is 0.0277. The highest BCUT2D eigenvalue weighted by molar-refractivity contribution is 6.30. The van der Waals surface area contributed by atoms with Gasteiger partial charge < -0.3 is 10.1 Å². The molecule has 0 bridgehead atoms. The van der Waals surface area contributed by atoms with Gasteiger partial charge in [0.1, 0.15) is 0 Å². The molecule has 4 rings (SSSR count). The minimum atomic E-state index is -0.0152. The van der Waals surface area contributed by atoms with E-state index in [0.29, 0.717) is 29.6 Å². The number of carbonyl (C=O) groups is 1. The fourth-order valence-corrected chi connectivity index (χ4v) is 3.01. The van der Waals surface area contributed by atoms with Gasteiger partial charge in [0.2, 0.25) is 0 Å². The first-order chi connectivity index (χ1) is 13.2. The summed E-state index contributed by atoms with van der Waals surface area (Å²) < 4.78 is 7.20. The van der Waals surface area contributed by atoms with E-state index in [-0.39, 0.29) is 11.9 Å². The maximum Gasteiger partial charge on any atom is 0.250 e. The predicted molar refractivity (Wildman–Crippen MR) is 100 cm³/mol. The molecule has 0 saturated carbocycles. The second-order valence-electron chi connectivity index (χ2n) is 6.28. The van der Waals surface area contributed by atoms with Gasteiger partial charge in [0.05, 0.1) is 41.9 Å². The van der Waals surface area contributed by atoms with Crippen LogP contribution in [0.1, 0.15) is 27.6 Å². The molecule has 1 saturated heterocycles. The average Bonchev–Trinajstić information content (AvgIpc) is 3.20. The van der Waals surface area contributed by atoms with Crippen molar-refractivity contribution in [3.05, 3.63) is 70.8 Å². The number of nitrogens with one attached hydrogen (secondary N) is 1. The molecule has 0 spiro atoms. The first kappa shape index (κ1) is 17.8. The van der Waals surface area contributed by atoms with Gasteiger partial charge in [-0.15, -0.1) is 0 Å². The third kappa shape index (κ3) is 4.21. The van der Waals surface area contributed by atoms with Crippen LogP contribution >= 0.6 is 11.6 Å². The summed E-state index contributed by atoms with van der Waals surface area (Å²) in [6, 6.07) is 7.98. The van der Waals surface area contributed by atoms with Crippen molar-refractivity contribution in [1.29, 1.82) is 0 Å². The molecular weight excluding hydrogens is 366 g/mol. The Bertz CT molecular complexity index is 918. The molecule has 1 N–H and O–H groups in total. The highest BCUT2D eigenvalue weighted by atomic mass is 35.5. The number of nitrogens with zero attached hydrogens (tertiary/aromatic N) is 4. The second-order valence-corrected chi connectivity index (χ2v) is 6.72. The van der Waals surface area contributed by atoms with Crippen molar-refractivity contribution in [3.8, 4) is 5.95 Å². The molecule has 7 nitrogen and oxygen atoms in total. The molecule has 27 heavy (non-hydrogen) atoms. The zero-order valence-corrected chi connectivity index (χ0v) is 15.3. The van der Waals surface area contributed by atoms with E-state index in [0.717, 1.165) is 24.2 Å². The Morgan fingerprint density at radius 2 is 2.00 bits per heavy atom. The van der Waals surface area contributed by atoms with Crippen LogP contribution < -0.4 is 5.32 Å². The van der Waals surface area contributed by atoms with Crippen LogP contribution in [0.25, 0.3) is 5.95 Å². The number of carbonyl (C=O) groups excluding carboxylic acids is 1. The van der Waals surface area contributed by atoms with Crippen LogP contribution in [-0.2, 0) is 11.2 Å². The van der Waals surface area contributed by atoms with Crippen molar-refractivity contribution in [2.24, 2.45) is 0 Å². The summed E-state index contributed by atoms with van der Waals surface area (Å²) in [5, 5.41) is 7.92. The van der Waals surface area contributed by atoms with Crippen LogP contribution in [0.5, 0.6) is 0 Å². The van der Waals surface area contributed by atoms with Gasteiger partial charge in [0.15, 0.2) is 5.78 Å². The Labute approximate surface area is 161 Å². The highest BCUT2D eigenvalue weighted by Crippen LogP contribution is 2.20. The fourth-order valence-electron chi connectivity index (χ4n) is 2.92. The zero-order valence-electron chi connectivity index (χ0n) is 14.5. The largest absolute Gasteiger partial charge is 0.371 e. The summed E-state index contributed by atoms with van der Waals surface area (Å²) in [5.41, 5.74) is 2.58. The molecule has 3 heterocycles. The standard InChI is InChI=1S/C19H18ClN5O2/c20-16-9-22-19(23-10-16)25-12-15(8-24-25)17(26)7-13-1-3-14(4-2-13)18-11-21-5-6-27-18/h1-4,8-10,12,18,21H,5-7,11H2/t18-/m1/s1. The number of aromatic nitrogens is 4. The van der Waals surface area contributed by atoms with Gasteiger partial charge in [-0.25, -0.2) is 14.6 Å². The van der Waals surface area contributed by atoms with E-state index in [2.05, 4.69) is 20.4 Å². The number of Topliss-reactive ketones (excluding diaryl/α,β-unsaturated/α-hetero) is 1. The van der Waals surface area contributed by atoms with E-state index in [1.165, 1.54) is 23.3 Å². The number of morpholine rings is 1. The molecule has 1 aliphatic rings. The quantitative estimate of drug-likeness (QED) is 0.681. The predicted octanol–water partition coefficient (Wildman–Crippen LogP) is 2.40. The molecule has 3 aromatic rings. The van der Waals surface area contributed by atoms with Crippen molar-refractivity contribution in [2.45, 2.75) is 12.5 Å². The Morgan fingerprint density at radius 3 is 2.70 bits per heavy atom. The monoisotopic (exact) mass is 383 g/mol. The Balaban J connectivity index is 1.42. The maximum atomic E-state index is 12.5. The molecule has 138 valence electrons. The molecule has 0 aliphatic carbocycles. The van der Waals surface area contributed by atoms with Crippen molar-refractivity contribution < 1.29 is 9.53 Å². The lowest BCUT2D eigenvalue weighted by Gasteiger charge is -2.24. The van der Waals surface area contributed by atoms with Crippen LogP contribution in [0.4, 0.5) is 0 Å². The van der Waals surface area contributed by atoms with E-state index in [4.69, 9.17) is 16.3 Å². The summed E-state index contributed by atoms with van der Waals surface area (Å²) >= 11 is 5.79. The molecule has 0 radical (unpaired) electrons. The third-order valence-electron chi connectivity index (χ3n) is 4.36. The number of benzene rings is 1. The summed E-state index contributed by atoms with van der Waals surface area (Å²) in [6.45, 7) is 2.41. The fraction of sp³-hybridized carbons (Fsp3) is 0.263. The van der Waals surface area contributed by atoms with Gasteiger partial charge in [0.25, 0.3) is 5.95 Å². The minimum Gasteiger partial charge on any atom is -0.371 e. The second kappa shape index (κ2) is 7.96. The van der Waals surface area contributed by atoms with Crippen LogP contribution in [0.3, 0.4) is 0 Å². The van der Waals surface area contributed by atoms with Gasteiger partial charge in [-0.1, -0.05) is 35.9 Å². The number of ether oxygens (including phenoxy) is 1. The summed E-state index contributed by atoms with van der Waals surface area (Å²) in [4.78, 5) is 20.7. The maximum absolute atomic E-state index is 12.5. The lowest BCUT2D eigenvalue weighted by Crippen LogP contribution is -2.33.